The molecular weight excluding hydrogens is 302 g/mol. The third-order valence-electron chi connectivity index (χ3n) is 5.38. The van der Waals surface area contributed by atoms with Crippen LogP contribution in [-0.4, -0.2) is 34.4 Å². The molecule has 2 aromatic rings. The fourth-order valence-corrected chi connectivity index (χ4v) is 4.11. The summed E-state index contributed by atoms with van der Waals surface area (Å²) >= 11 is 0. The van der Waals surface area contributed by atoms with Crippen LogP contribution in [0.4, 0.5) is 5.69 Å². The number of carbonyl (C=O) groups excluding carboxylic acids is 1. The van der Waals surface area contributed by atoms with Crippen molar-refractivity contribution in [3.63, 3.8) is 0 Å². The zero-order valence-corrected chi connectivity index (χ0v) is 14.2. The molecule has 5 heteroatoms. The Labute approximate surface area is 142 Å². The van der Waals surface area contributed by atoms with Crippen molar-refractivity contribution in [1.29, 1.82) is 0 Å². The van der Waals surface area contributed by atoms with Crippen LogP contribution in [0, 0.1) is 13.8 Å². The summed E-state index contributed by atoms with van der Waals surface area (Å²) in [6, 6.07) is 6.65. The van der Waals surface area contributed by atoms with Crippen molar-refractivity contribution in [2.24, 2.45) is 0 Å². The molecule has 0 unspecified atom stereocenters. The van der Waals surface area contributed by atoms with Gasteiger partial charge in [0.15, 0.2) is 0 Å². The first-order valence-corrected chi connectivity index (χ1v) is 8.65. The fourth-order valence-electron chi connectivity index (χ4n) is 4.11. The summed E-state index contributed by atoms with van der Waals surface area (Å²) in [7, 11) is 0. The van der Waals surface area contributed by atoms with Gasteiger partial charge in [0.25, 0.3) is 0 Å². The number of piperidine rings is 1. The zero-order valence-electron chi connectivity index (χ0n) is 14.2. The number of aryl methyl sites for hydroxylation is 2. The average molecular weight is 325 g/mol. The lowest BCUT2D eigenvalue weighted by molar-refractivity contribution is -0.120. The Kier molecular flexibility index (Phi) is 3.88. The molecule has 2 aromatic heterocycles. The van der Waals surface area contributed by atoms with Crippen molar-refractivity contribution >= 4 is 11.6 Å². The number of hydrogen-bond acceptors (Lipinski definition) is 4. The summed E-state index contributed by atoms with van der Waals surface area (Å²) in [6.45, 7) is 5.91. The van der Waals surface area contributed by atoms with Crippen LogP contribution >= 0.6 is 0 Å². The lowest BCUT2D eigenvalue weighted by atomic mass is 9.95. The lowest BCUT2D eigenvalue weighted by Gasteiger charge is -2.39. The SMILES string of the molecule is Cc1cc(CN2CC[C@@H]3[C@H]2CCC(=O)N3c2cccnc2)oc1C. The van der Waals surface area contributed by atoms with Crippen LogP contribution < -0.4 is 4.90 Å². The lowest BCUT2D eigenvalue weighted by Crippen LogP contribution is -2.52. The number of rotatable bonds is 3. The molecule has 126 valence electrons. The quantitative estimate of drug-likeness (QED) is 0.870. The van der Waals surface area contributed by atoms with E-state index in [0.717, 1.165) is 43.1 Å². The number of carbonyl (C=O) groups is 1. The molecular formula is C19H23N3O2. The molecule has 0 spiro atoms. The van der Waals surface area contributed by atoms with Gasteiger partial charge in [-0.2, -0.15) is 0 Å². The summed E-state index contributed by atoms with van der Waals surface area (Å²) in [5.74, 6) is 2.24. The van der Waals surface area contributed by atoms with Gasteiger partial charge in [0, 0.05) is 25.2 Å². The van der Waals surface area contributed by atoms with Crippen molar-refractivity contribution in [2.45, 2.75) is 51.7 Å². The third kappa shape index (κ3) is 2.63. The molecule has 0 N–H and O–H groups in total. The number of likely N-dealkylation sites (tertiary alicyclic amines) is 1. The van der Waals surface area contributed by atoms with Gasteiger partial charge in [-0.15, -0.1) is 0 Å². The normalized spacial score (nSPS) is 24.4. The highest BCUT2D eigenvalue weighted by molar-refractivity contribution is 5.95. The van der Waals surface area contributed by atoms with E-state index in [1.165, 1.54) is 5.56 Å². The second-order valence-corrected chi connectivity index (χ2v) is 6.86. The van der Waals surface area contributed by atoms with Gasteiger partial charge in [-0.05, 0) is 50.5 Å². The van der Waals surface area contributed by atoms with Gasteiger partial charge >= 0.3 is 0 Å². The monoisotopic (exact) mass is 325 g/mol. The standard InChI is InChI=1S/C19H23N3O2/c1-13-10-16(24-14(13)2)12-21-9-7-18-17(21)5-6-19(23)22(18)15-4-3-8-20-11-15/h3-4,8,10-11,17-18H,5-7,9,12H2,1-2H3/t17-,18-/m1/s1. The van der Waals surface area contributed by atoms with E-state index in [2.05, 4.69) is 22.9 Å². The molecule has 4 rings (SSSR count). The Morgan fingerprint density at radius 3 is 2.88 bits per heavy atom. The van der Waals surface area contributed by atoms with E-state index in [-0.39, 0.29) is 11.9 Å². The Morgan fingerprint density at radius 2 is 2.17 bits per heavy atom. The first-order chi connectivity index (χ1) is 11.6. The molecule has 2 aliphatic rings. The highest BCUT2D eigenvalue weighted by atomic mass is 16.3. The van der Waals surface area contributed by atoms with Crippen LogP contribution in [0.1, 0.15) is 36.3 Å². The van der Waals surface area contributed by atoms with Gasteiger partial charge in [-0.3, -0.25) is 14.7 Å². The van der Waals surface area contributed by atoms with Gasteiger partial charge in [0.1, 0.15) is 11.5 Å². The fraction of sp³-hybridized carbons (Fsp3) is 0.474. The van der Waals surface area contributed by atoms with Crippen LogP contribution in [-0.2, 0) is 11.3 Å². The minimum absolute atomic E-state index is 0.218. The van der Waals surface area contributed by atoms with E-state index in [4.69, 9.17) is 4.42 Å². The van der Waals surface area contributed by atoms with E-state index in [9.17, 15) is 4.79 Å². The molecule has 24 heavy (non-hydrogen) atoms. The van der Waals surface area contributed by atoms with E-state index in [1.54, 1.807) is 12.4 Å². The second kappa shape index (κ2) is 6.06. The van der Waals surface area contributed by atoms with Crippen molar-refractivity contribution < 1.29 is 9.21 Å². The Balaban J connectivity index is 1.55. The van der Waals surface area contributed by atoms with Gasteiger partial charge in [0.2, 0.25) is 5.91 Å². The highest BCUT2D eigenvalue weighted by Gasteiger charge is 2.43. The summed E-state index contributed by atoms with van der Waals surface area (Å²) < 4.78 is 5.86. The Bertz CT molecular complexity index is 721. The number of aromatic nitrogens is 1. The van der Waals surface area contributed by atoms with Gasteiger partial charge in [-0.25, -0.2) is 0 Å². The number of amides is 1. The molecule has 0 saturated carbocycles. The molecule has 2 atom stereocenters. The maximum Gasteiger partial charge on any atom is 0.227 e. The zero-order chi connectivity index (χ0) is 16.7. The van der Waals surface area contributed by atoms with Gasteiger partial charge in [0.05, 0.1) is 24.5 Å². The number of nitrogens with zero attached hydrogens (tertiary/aromatic N) is 3. The van der Waals surface area contributed by atoms with Crippen molar-refractivity contribution in [2.75, 3.05) is 11.4 Å². The van der Waals surface area contributed by atoms with Crippen LogP contribution in [0.25, 0.3) is 0 Å². The number of hydrogen-bond donors (Lipinski definition) is 0. The minimum Gasteiger partial charge on any atom is -0.465 e. The Hall–Kier alpha value is -2.14. The molecule has 2 saturated heterocycles. The van der Waals surface area contributed by atoms with Crippen LogP contribution in [0.2, 0.25) is 0 Å². The first kappa shape index (κ1) is 15.4. The summed E-state index contributed by atoms with van der Waals surface area (Å²) in [5.41, 5.74) is 2.13. The predicted octanol–water partition coefficient (Wildman–Crippen LogP) is 3.06. The van der Waals surface area contributed by atoms with E-state index in [1.807, 2.05) is 24.0 Å². The van der Waals surface area contributed by atoms with Crippen LogP contribution in [0.5, 0.6) is 0 Å². The molecule has 0 aromatic carbocycles. The maximum atomic E-state index is 12.5. The number of fused-ring (bicyclic) bond motifs is 1. The van der Waals surface area contributed by atoms with Gasteiger partial charge in [-0.1, -0.05) is 0 Å². The topological polar surface area (TPSA) is 49.6 Å². The van der Waals surface area contributed by atoms with E-state index >= 15 is 0 Å². The molecule has 0 bridgehead atoms. The molecule has 0 aliphatic carbocycles. The van der Waals surface area contributed by atoms with Gasteiger partial charge < -0.3 is 9.32 Å². The van der Waals surface area contributed by atoms with Crippen molar-refractivity contribution in [1.82, 2.24) is 9.88 Å². The first-order valence-electron chi connectivity index (χ1n) is 8.65. The molecule has 2 aliphatic heterocycles. The van der Waals surface area contributed by atoms with E-state index < -0.39 is 0 Å². The van der Waals surface area contributed by atoms with Crippen LogP contribution in [0.3, 0.4) is 0 Å². The highest BCUT2D eigenvalue weighted by Crippen LogP contribution is 2.35. The number of pyridine rings is 1. The molecule has 1 amide bonds. The molecule has 5 nitrogen and oxygen atoms in total. The molecule has 0 radical (unpaired) electrons. The largest absolute Gasteiger partial charge is 0.465 e. The molecule has 4 heterocycles. The van der Waals surface area contributed by atoms with Crippen LogP contribution in [0.15, 0.2) is 35.0 Å². The number of anilines is 1. The van der Waals surface area contributed by atoms with Crippen molar-refractivity contribution in [3.05, 3.63) is 47.7 Å². The summed E-state index contributed by atoms with van der Waals surface area (Å²) in [5, 5.41) is 0. The predicted molar refractivity (Wildman–Crippen MR) is 91.7 cm³/mol. The summed E-state index contributed by atoms with van der Waals surface area (Å²) in [4.78, 5) is 21.1. The average Bonchev–Trinajstić information content (AvgIpc) is 3.12. The Morgan fingerprint density at radius 1 is 1.29 bits per heavy atom. The second-order valence-electron chi connectivity index (χ2n) is 6.86. The van der Waals surface area contributed by atoms with Crippen molar-refractivity contribution in [3.8, 4) is 0 Å². The molecule has 2 fully saturated rings. The smallest absolute Gasteiger partial charge is 0.227 e. The summed E-state index contributed by atoms with van der Waals surface area (Å²) in [6.07, 6.45) is 6.08. The number of furan rings is 1. The minimum atomic E-state index is 0.218. The van der Waals surface area contributed by atoms with E-state index in [0.29, 0.717) is 12.5 Å². The third-order valence-corrected chi connectivity index (χ3v) is 5.38. The maximum absolute atomic E-state index is 12.5.